The molecule has 0 spiro atoms. The fourth-order valence-electron chi connectivity index (χ4n) is 6.15. The smallest absolute Gasteiger partial charge is 0.251 e. The van der Waals surface area contributed by atoms with Gasteiger partial charge in [-0.15, -0.1) is 0 Å². The van der Waals surface area contributed by atoms with Crippen molar-refractivity contribution in [3.05, 3.63) is 23.4 Å². The highest BCUT2D eigenvalue weighted by molar-refractivity contribution is 6.06. The average Bonchev–Trinajstić information content (AvgIpc) is 3.61. The van der Waals surface area contributed by atoms with Crippen molar-refractivity contribution >= 4 is 28.4 Å². The second-order valence-corrected chi connectivity index (χ2v) is 10.7. The van der Waals surface area contributed by atoms with Crippen LogP contribution < -0.4 is 15.5 Å². The Morgan fingerprint density at radius 2 is 2.00 bits per heavy atom. The summed E-state index contributed by atoms with van der Waals surface area (Å²) in [7, 11) is 1.94. The number of hydrogen-bond acceptors (Lipinski definition) is 5. The molecular weight excluding hydrogens is 442 g/mol. The van der Waals surface area contributed by atoms with E-state index >= 15 is 0 Å². The van der Waals surface area contributed by atoms with E-state index in [1.165, 1.54) is 5.69 Å². The molecule has 8 heteroatoms. The van der Waals surface area contributed by atoms with Crippen molar-refractivity contribution in [1.29, 1.82) is 0 Å². The molecule has 8 nitrogen and oxygen atoms in total. The van der Waals surface area contributed by atoms with Crippen LogP contribution in [0.25, 0.3) is 10.9 Å². The molecule has 1 aliphatic carbocycles. The number of nitrogens with zero attached hydrogens (tertiary/aromatic N) is 3. The number of amides is 2. The maximum atomic E-state index is 13.7. The number of piperidine rings is 1. The highest BCUT2D eigenvalue weighted by atomic mass is 16.5. The van der Waals surface area contributed by atoms with Crippen molar-refractivity contribution in [1.82, 2.24) is 20.4 Å². The first-order chi connectivity index (χ1) is 16.9. The number of fused-ring (bicyclic) bond motifs is 1. The van der Waals surface area contributed by atoms with Crippen LogP contribution in [0.2, 0.25) is 0 Å². The van der Waals surface area contributed by atoms with Gasteiger partial charge in [0.05, 0.1) is 23.3 Å². The molecule has 3 aliphatic rings. The summed E-state index contributed by atoms with van der Waals surface area (Å²) < 4.78 is 7.51. The van der Waals surface area contributed by atoms with Crippen LogP contribution in [0.5, 0.6) is 0 Å². The highest BCUT2D eigenvalue weighted by Gasteiger charge is 2.37. The lowest BCUT2D eigenvalue weighted by Gasteiger charge is -2.37. The Kier molecular flexibility index (Phi) is 6.75. The van der Waals surface area contributed by atoms with Gasteiger partial charge in [0.2, 0.25) is 5.91 Å². The number of carbonyl (C=O) groups is 2. The largest absolute Gasteiger partial charge is 0.381 e. The predicted molar refractivity (Wildman–Crippen MR) is 137 cm³/mol. The number of ether oxygens (including phenoxy) is 1. The lowest BCUT2D eigenvalue weighted by atomic mass is 9.84. The Morgan fingerprint density at radius 3 is 2.66 bits per heavy atom. The number of aromatic nitrogens is 2. The second-order valence-electron chi connectivity index (χ2n) is 10.7. The van der Waals surface area contributed by atoms with Gasteiger partial charge in [-0.05, 0) is 69.4 Å². The lowest BCUT2D eigenvalue weighted by Crippen LogP contribution is -2.50. The molecular formula is C27H39N5O3. The van der Waals surface area contributed by atoms with Crippen molar-refractivity contribution < 1.29 is 14.3 Å². The summed E-state index contributed by atoms with van der Waals surface area (Å²) in [6.07, 6.45) is 7.07. The second kappa shape index (κ2) is 9.80. The molecule has 3 unspecified atom stereocenters. The first-order valence-electron chi connectivity index (χ1n) is 13.3. The topological polar surface area (TPSA) is 88.5 Å². The lowest BCUT2D eigenvalue weighted by molar-refractivity contribution is -0.129. The Morgan fingerprint density at radius 1 is 1.26 bits per heavy atom. The van der Waals surface area contributed by atoms with Crippen molar-refractivity contribution in [2.75, 3.05) is 31.2 Å². The third-order valence-corrected chi connectivity index (χ3v) is 8.18. The molecule has 3 fully saturated rings. The van der Waals surface area contributed by atoms with Crippen LogP contribution in [0.1, 0.15) is 74.7 Å². The zero-order valence-electron chi connectivity index (χ0n) is 21.5. The normalized spacial score (nSPS) is 25.5. The van der Waals surface area contributed by atoms with Crippen LogP contribution in [0.15, 0.2) is 12.3 Å². The van der Waals surface area contributed by atoms with Gasteiger partial charge in [-0.25, -0.2) is 0 Å². The van der Waals surface area contributed by atoms with E-state index in [0.29, 0.717) is 18.5 Å². The van der Waals surface area contributed by atoms with Crippen LogP contribution in [0.3, 0.4) is 0 Å². The molecule has 2 aliphatic heterocycles. The Labute approximate surface area is 207 Å². The zero-order valence-corrected chi connectivity index (χ0v) is 21.5. The molecule has 3 heterocycles. The molecule has 2 aromatic rings. The van der Waals surface area contributed by atoms with Gasteiger partial charge >= 0.3 is 0 Å². The van der Waals surface area contributed by atoms with Crippen molar-refractivity contribution in [3.8, 4) is 0 Å². The summed E-state index contributed by atoms with van der Waals surface area (Å²) in [6.45, 7) is 9.12. The average molecular weight is 482 g/mol. The number of hydrogen-bond donors (Lipinski definition) is 2. The maximum Gasteiger partial charge on any atom is 0.251 e. The molecule has 1 aromatic carbocycles. The minimum Gasteiger partial charge on any atom is -0.381 e. The minimum absolute atomic E-state index is 0.0402. The number of rotatable bonds is 7. The highest BCUT2D eigenvalue weighted by Crippen LogP contribution is 2.49. The van der Waals surface area contributed by atoms with E-state index in [0.717, 1.165) is 73.9 Å². The van der Waals surface area contributed by atoms with Gasteiger partial charge in [-0.2, -0.15) is 5.10 Å². The third kappa shape index (κ3) is 4.65. The van der Waals surface area contributed by atoms with E-state index in [1.54, 1.807) is 0 Å². The molecule has 1 aromatic heterocycles. The molecule has 0 radical (unpaired) electrons. The zero-order chi connectivity index (χ0) is 24.7. The van der Waals surface area contributed by atoms with Gasteiger partial charge in [-0.3, -0.25) is 14.3 Å². The van der Waals surface area contributed by atoms with Crippen LogP contribution in [0, 0.1) is 11.8 Å². The van der Waals surface area contributed by atoms with Crippen molar-refractivity contribution in [2.24, 2.45) is 18.9 Å². The van der Waals surface area contributed by atoms with Gasteiger partial charge in [0.25, 0.3) is 5.91 Å². The molecule has 2 saturated heterocycles. The number of aryl methyl sites for hydroxylation is 1. The minimum atomic E-state index is -0.200. The van der Waals surface area contributed by atoms with Crippen molar-refractivity contribution in [3.63, 3.8) is 0 Å². The number of benzene rings is 1. The number of anilines is 1. The molecule has 2 N–H and O–H groups in total. The van der Waals surface area contributed by atoms with Crippen LogP contribution in [-0.2, 0) is 16.6 Å². The summed E-state index contributed by atoms with van der Waals surface area (Å²) in [5.41, 5.74) is 4.04. The molecule has 5 rings (SSSR count). The standard InChI is InChI=1S/C27H39N5O3/c1-5-32(19-8-10-35-11-9-19)25-22-15-29-31(4)23(22)13-20(24(25)18-6-7-18)26(33)28-14-21-16(2)12-17(3)30-27(21)34/h13,15-19,21H,5-12,14H2,1-4H3,(H,28,33)(H,30,34). The van der Waals surface area contributed by atoms with Gasteiger partial charge in [0.1, 0.15) is 0 Å². The van der Waals surface area contributed by atoms with E-state index in [9.17, 15) is 9.59 Å². The Bertz CT molecular complexity index is 1100. The van der Waals surface area contributed by atoms with E-state index in [1.807, 2.05) is 30.9 Å². The molecule has 2 amide bonds. The van der Waals surface area contributed by atoms with Gasteiger partial charge < -0.3 is 20.3 Å². The molecule has 35 heavy (non-hydrogen) atoms. The summed E-state index contributed by atoms with van der Waals surface area (Å²) in [5, 5.41) is 11.9. The Hall–Kier alpha value is -2.61. The summed E-state index contributed by atoms with van der Waals surface area (Å²) in [4.78, 5) is 28.8. The Balaban J connectivity index is 1.52. The van der Waals surface area contributed by atoms with Crippen LogP contribution >= 0.6 is 0 Å². The first kappa shape index (κ1) is 24.1. The van der Waals surface area contributed by atoms with Gasteiger partial charge in [0.15, 0.2) is 0 Å². The fraction of sp³-hybridized carbons (Fsp3) is 0.667. The monoisotopic (exact) mass is 481 g/mol. The number of carbonyl (C=O) groups excluding carboxylic acids is 2. The maximum absolute atomic E-state index is 13.7. The quantitative estimate of drug-likeness (QED) is 0.633. The van der Waals surface area contributed by atoms with E-state index in [2.05, 4.69) is 34.5 Å². The van der Waals surface area contributed by atoms with Crippen molar-refractivity contribution in [2.45, 2.75) is 70.9 Å². The molecule has 0 bridgehead atoms. The van der Waals surface area contributed by atoms with Crippen LogP contribution in [-0.4, -0.2) is 60.0 Å². The van der Waals surface area contributed by atoms with Crippen LogP contribution in [0.4, 0.5) is 5.69 Å². The summed E-state index contributed by atoms with van der Waals surface area (Å²) in [5.74, 6) is 0.383. The molecule has 190 valence electrons. The fourth-order valence-corrected chi connectivity index (χ4v) is 6.15. The van der Waals surface area contributed by atoms with E-state index in [-0.39, 0.29) is 29.7 Å². The molecule has 1 saturated carbocycles. The van der Waals surface area contributed by atoms with Gasteiger partial charge in [-0.1, -0.05) is 6.92 Å². The summed E-state index contributed by atoms with van der Waals surface area (Å²) in [6, 6.07) is 2.59. The SMILES string of the molecule is CCN(c1c(C2CC2)c(C(=O)NCC2C(=O)NC(C)CC2C)cc2c1cnn2C)C1CCOCC1. The first-order valence-corrected chi connectivity index (χ1v) is 13.3. The predicted octanol–water partition coefficient (Wildman–Crippen LogP) is 3.35. The van der Waals surface area contributed by atoms with Gasteiger partial charge in [0, 0.05) is 56.4 Å². The molecule has 3 atom stereocenters. The number of nitrogens with one attached hydrogen (secondary N) is 2. The summed E-state index contributed by atoms with van der Waals surface area (Å²) >= 11 is 0. The third-order valence-electron chi connectivity index (χ3n) is 8.18. The van der Waals surface area contributed by atoms with E-state index < -0.39 is 0 Å². The van der Waals surface area contributed by atoms with E-state index in [4.69, 9.17) is 4.74 Å².